The molecular formula is C17H24O5. The minimum atomic E-state index is -0.877. The van der Waals surface area contributed by atoms with Crippen molar-refractivity contribution in [2.75, 3.05) is 7.11 Å². The molecule has 0 amide bonds. The summed E-state index contributed by atoms with van der Waals surface area (Å²) in [4.78, 5) is 11.0. The van der Waals surface area contributed by atoms with E-state index in [1.165, 1.54) is 7.11 Å². The molecule has 0 heterocycles. The SMILES string of the molecule is COc1c(C)c(O)cc(C(C)CC(=O)O)c1OC1CCCC1. The zero-order chi connectivity index (χ0) is 16.3. The Morgan fingerprint density at radius 1 is 1.36 bits per heavy atom. The van der Waals surface area contributed by atoms with Crippen LogP contribution in [0.2, 0.25) is 0 Å². The summed E-state index contributed by atoms with van der Waals surface area (Å²) in [5.41, 5.74) is 1.30. The average molecular weight is 308 g/mol. The third-order valence-corrected chi connectivity index (χ3v) is 4.29. The summed E-state index contributed by atoms with van der Waals surface area (Å²) in [6, 6.07) is 1.61. The number of rotatable bonds is 6. The van der Waals surface area contributed by atoms with Gasteiger partial charge in [-0.05, 0) is 44.6 Å². The number of aliphatic carboxylic acids is 1. The number of carbonyl (C=O) groups is 1. The first-order chi connectivity index (χ1) is 10.4. The van der Waals surface area contributed by atoms with Gasteiger partial charge in [-0.3, -0.25) is 4.79 Å². The molecule has 0 spiro atoms. The molecule has 1 aromatic rings. The van der Waals surface area contributed by atoms with Gasteiger partial charge in [0.25, 0.3) is 0 Å². The van der Waals surface area contributed by atoms with Crippen LogP contribution in [0.25, 0.3) is 0 Å². The molecule has 1 fully saturated rings. The highest BCUT2D eigenvalue weighted by molar-refractivity contribution is 5.69. The van der Waals surface area contributed by atoms with E-state index in [-0.39, 0.29) is 24.2 Å². The van der Waals surface area contributed by atoms with Gasteiger partial charge in [0.15, 0.2) is 11.5 Å². The van der Waals surface area contributed by atoms with E-state index in [4.69, 9.17) is 14.6 Å². The molecule has 0 radical (unpaired) electrons. The Hall–Kier alpha value is -1.91. The van der Waals surface area contributed by atoms with Gasteiger partial charge in [-0.25, -0.2) is 0 Å². The van der Waals surface area contributed by atoms with Crippen LogP contribution < -0.4 is 9.47 Å². The lowest BCUT2D eigenvalue weighted by Gasteiger charge is -2.23. The van der Waals surface area contributed by atoms with Crippen LogP contribution in [0.1, 0.15) is 56.1 Å². The summed E-state index contributed by atoms with van der Waals surface area (Å²) in [7, 11) is 1.54. The van der Waals surface area contributed by atoms with E-state index < -0.39 is 5.97 Å². The molecular weight excluding hydrogens is 284 g/mol. The van der Waals surface area contributed by atoms with Crippen LogP contribution in [0.3, 0.4) is 0 Å². The molecule has 5 nitrogen and oxygen atoms in total. The number of methoxy groups -OCH3 is 1. The molecule has 1 saturated carbocycles. The Morgan fingerprint density at radius 3 is 2.55 bits per heavy atom. The summed E-state index contributed by atoms with van der Waals surface area (Å²) in [5.74, 6) is 0.0353. The van der Waals surface area contributed by atoms with Crippen molar-refractivity contribution in [3.63, 3.8) is 0 Å². The van der Waals surface area contributed by atoms with Crippen LogP contribution in [0, 0.1) is 6.92 Å². The lowest BCUT2D eigenvalue weighted by Crippen LogP contribution is -2.15. The molecule has 22 heavy (non-hydrogen) atoms. The largest absolute Gasteiger partial charge is 0.508 e. The minimum absolute atomic E-state index is 0.0211. The van der Waals surface area contributed by atoms with E-state index >= 15 is 0 Å². The second-order valence-electron chi connectivity index (χ2n) is 6.00. The van der Waals surface area contributed by atoms with Crippen LogP contribution in [0.5, 0.6) is 17.2 Å². The highest BCUT2D eigenvalue weighted by atomic mass is 16.5. The van der Waals surface area contributed by atoms with Gasteiger partial charge in [-0.1, -0.05) is 6.92 Å². The second-order valence-corrected chi connectivity index (χ2v) is 6.00. The Kier molecular flexibility index (Phi) is 5.16. The monoisotopic (exact) mass is 308 g/mol. The van der Waals surface area contributed by atoms with Crippen molar-refractivity contribution in [2.45, 2.75) is 58.0 Å². The number of carboxylic acids is 1. The van der Waals surface area contributed by atoms with Crippen LogP contribution >= 0.6 is 0 Å². The molecule has 0 bridgehead atoms. The molecule has 2 rings (SSSR count). The molecule has 1 atom stereocenters. The average Bonchev–Trinajstić information content (AvgIpc) is 2.95. The normalized spacial score (nSPS) is 16.5. The van der Waals surface area contributed by atoms with Crippen molar-refractivity contribution in [3.8, 4) is 17.2 Å². The maximum atomic E-state index is 11.0. The van der Waals surface area contributed by atoms with Crippen molar-refractivity contribution in [1.29, 1.82) is 0 Å². The lowest BCUT2D eigenvalue weighted by molar-refractivity contribution is -0.137. The first-order valence-electron chi connectivity index (χ1n) is 7.73. The number of phenols is 1. The van der Waals surface area contributed by atoms with Gasteiger partial charge in [-0.2, -0.15) is 0 Å². The van der Waals surface area contributed by atoms with E-state index in [1.54, 1.807) is 13.0 Å². The Bertz CT molecular complexity index is 546. The first-order valence-corrected chi connectivity index (χ1v) is 7.73. The molecule has 122 valence electrons. The van der Waals surface area contributed by atoms with Gasteiger partial charge in [-0.15, -0.1) is 0 Å². The Balaban J connectivity index is 2.44. The fraction of sp³-hybridized carbons (Fsp3) is 0.588. The lowest BCUT2D eigenvalue weighted by atomic mass is 9.94. The van der Waals surface area contributed by atoms with Crippen molar-refractivity contribution >= 4 is 5.97 Å². The van der Waals surface area contributed by atoms with Crippen molar-refractivity contribution in [2.24, 2.45) is 0 Å². The van der Waals surface area contributed by atoms with Crippen molar-refractivity contribution < 1.29 is 24.5 Å². The first kappa shape index (κ1) is 16.5. The zero-order valence-corrected chi connectivity index (χ0v) is 13.4. The molecule has 0 aromatic heterocycles. The van der Waals surface area contributed by atoms with E-state index in [0.29, 0.717) is 22.6 Å². The fourth-order valence-electron chi connectivity index (χ4n) is 3.02. The minimum Gasteiger partial charge on any atom is -0.508 e. The van der Waals surface area contributed by atoms with Gasteiger partial charge in [0, 0.05) is 11.1 Å². The number of aromatic hydroxyl groups is 1. The van der Waals surface area contributed by atoms with Crippen LogP contribution in [0.15, 0.2) is 6.07 Å². The van der Waals surface area contributed by atoms with Crippen LogP contribution in [0.4, 0.5) is 0 Å². The van der Waals surface area contributed by atoms with Crippen LogP contribution in [-0.2, 0) is 4.79 Å². The second kappa shape index (κ2) is 6.90. The standard InChI is InChI=1S/C17H24O5/c1-10(8-15(19)20)13-9-14(18)11(2)16(21-3)17(13)22-12-6-4-5-7-12/h9-10,12,18H,4-8H2,1-3H3,(H,19,20). The number of ether oxygens (including phenoxy) is 2. The van der Waals surface area contributed by atoms with Gasteiger partial charge >= 0.3 is 5.97 Å². The maximum Gasteiger partial charge on any atom is 0.303 e. The molecule has 0 saturated heterocycles. The van der Waals surface area contributed by atoms with Crippen molar-refractivity contribution in [3.05, 3.63) is 17.2 Å². The molecule has 0 aliphatic heterocycles. The topological polar surface area (TPSA) is 76.0 Å². The molecule has 1 aliphatic rings. The summed E-state index contributed by atoms with van der Waals surface area (Å²) in [5, 5.41) is 19.1. The number of hydrogen-bond acceptors (Lipinski definition) is 4. The highest BCUT2D eigenvalue weighted by Gasteiger charge is 2.26. The van der Waals surface area contributed by atoms with Crippen LogP contribution in [-0.4, -0.2) is 29.4 Å². The van der Waals surface area contributed by atoms with E-state index in [9.17, 15) is 9.90 Å². The summed E-state index contributed by atoms with van der Waals surface area (Å²) >= 11 is 0. The summed E-state index contributed by atoms with van der Waals surface area (Å²) in [6.45, 7) is 3.58. The molecule has 1 aliphatic carbocycles. The van der Waals surface area contributed by atoms with E-state index in [1.807, 2.05) is 6.92 Å². The highest BCUT2D eigenvalue weighted by Crippen LogP contribution is 2.45. The molecule has 5 heteroatoms. The van der Waals surface area contributed by atoms with Gasteiger partial charge in [0.2, 0.25) is 0 Å². The smallest absolute Gasteiger partial charge is 0.303 e. The van der Waals surface area contributed by atoms with Gasteiger partial charge in [0.05, 0.1) is 19.6 Å². The van der Waals surface area contributed by atoms with Gasteiger partial charge in [0.1, 0.15) is 5.75 Å². The number of phenolic OH excluding ortho intramolecular Hbond substituents is 1. The maximum absolute atomic E-state index is 11.0. The third-order valence-electron chi connectivity index (χ3n) is 4.29. The predicted molar refractivity (Wildman–Crippen MR) is 82.9 cm³/mol. The van der Waals surface area contributed by atoms with E-state index in [2.05, 4.69) is 0 Å². The van der Waals surface area contributed by atoms with Gasteiger partial charge < -0.3 is 19.7 Å². The molecule has 2 N–H and O–H groups in total. The Labute approximate surface area is 130 Å². The Morgan fingerprint density at radius 2 is 2.00 bits per heavy atom. The molecule has 1 aromatic carbocycles. The summed E-state index contributed by atoms with van der Waals surface area (Å²) < 4.78 is 11.6. The summed E-state index contributed by atoms with van der Waals surface area (Å²) in [6.07, 6.45) is 4.39. The van der Waals surface area contributed by atoms with Crippen molar-refractivity contribution in [1.82, 2.24) is 0 Å². The third kappa shape index (κ3) is 3.46. The number of benzene rings is 1. The molecule has 1 unspecified atom stereocenters. The predicted octanol–water partition coefficient (Wildman–Crippen LogP) is 3.61. The quantitative estimate of drug-likeness (QED) is 0.839. The zero-order valence-electron chi connectivity index (χ0n) is 13.4. The number of hydrogen-bond donors (Lipinski definition) is 2. The number of carboxylic acid groups (broad SMARTS) is 1. The van der Waals surface area contributed by atoms with E-state index in [0.717, 1.165) is 25.7 Å². The fourth-order valence-corrected chi connectivity index (χ4v) is 3.02.